The van der Waals surface area contributed by atoms with Crippen molar-refractivity contribution >= 4 is 35.6 Å². The zero-order valence-electron chi connectivity index (χ0n) is 28.0. The van der Waals surface area contributed by atoms with Gasteiger partial charge in [0.15, 0.2) is 5.75 Å². The van der Waals surface area contributed by atoms with E-state index in [0.717, 1.165) is 5.56 Å². The van der Waals surface area contributed by atoms with E-state index in [2.05, 4.69) is 20.1 Å². The molecular weight excluding hydrogens is 665 g/mol. The number of nitrogens with one attached hydrogen (secondary N) is 1. The normalized spacial score (nSPS) is 11.7. The molecular formula is C33H45Cl2N5O8. The van der Waals surface area contributed by atoms with Crippen molar-refractivity contribution in [2.75, 3.05) is 52.8 Å². The SMILES string of the molecule is CC(C)(C)OC=O.CC(Cc1ccc(-c2c(OCCOCCOCCOCCN)cnn(C)c2=O)cc1)NC(=O)c1c(Cl)cncc1Cl. The molecule has 0 saturated carbocycles. The molecule has 48 heavy (non-hydrogen) atoms. The molecule has 2 aromatic heterocycles. The molecule has 1 unspecified atom stereocenters. The Bertz CT molecular complexity index is 1460. The van der Waals surface area contributed by atoms with E-state index in [1.54, 1.807) is 7.05 Å². The fraction of sp³-hybridized carbons (Fsp3) is 0.485. The maximum atomic E-state index is 12.9. The number of nitrogens with zero attached hydrogens (tertiary/aromatic N) is 3. The van der Waals surface area contributed by atoms with Crippen LogP contribution in [0.4, 0.5) is 0 Å². The molecule has 0 spiro atoms. The Morgan fingerprint density at radius 2 is 1.52 bits per heavy atom. The van der Waals surface area contributed by atoms with Crippen molar-refractivity contribution in [3.05, 3.63) is 74.4 Å². The van der Waals surface area contributed by atoms with Crippen LogP contribution >= 0.6 is 23.2 Å². The lowest BCUT2D eigenvalue weighted by atomic mass is 10.0. The van der Waals surface area contributed by atoms with Gasteiger partial charge in [0.25, 0.3) is 17.9 Å². The molecule has 264 valence electrons. The highest BCUT2D eigenvalue weighted by Gasteiger charge is 2.18. The summed E-state index contributed by atoms with van der Waals surface area (Å²) in [5.74, 6) is -0.0116. The third-order valence-corrected chi connectivity index (χ3v) is 6.81. The monoisotopic (exact) mass is 709 g/mol. The van der Waals surface area contributed by atoms with Crippen LogP contribution in [0.5, 0.6) is 5.75 Å². The van der Waals surface area contributed by atoms with Crippen molar-refractivity contribution in [2.24, 2.45) is 12.8 Å². The van der Waals surface area contributed by atoms with Gasteiger partial charge in [0.05, 0.1) is 67.0 Å². The number of pyridine rings is 1. The van der Waals surface area contributed by atoms with Crippen LogP contribution in [0.2, 0.25) is 10.0 Å². The molecule has 0 bridgehead atoms. The van der Waals surface area contributed by atoms with Crippen molar-refractivity contribution in [1.29, 1.82) is 0 Å². The molecule has 13 nitrogen and oxygen atoms in total. The zero-order chi connectivity index (χ0) is 35.5. The summed E-state index contributed by atoms with van der Waals surface area (Å²) in [6, 6.07) is 7.28. The summed E-state index contributed by atoms with van der Waals surface area (Å²) in [5, 5.41) is 7.37. The second-order valence-electron chi connectivity index (χ2n) is 11.4. The second kappa shape index (κ2) is 21.4. The number of aryl methyl sites for hydroxylation is 1. The molecule has 0 radical (unpaired) electrons. The van der Waals surface area contributed by atoms with Gasteiger partial charge in [-0.25, -0.2) is 4.68 Å². The highest BCUT2D eigenvalue weighted by atomic mass is 35.5. The summed E-state index contributed by atoms with van der Waals surface area (Å²) in [4.78, 5) is 39.1. The average Bonchev–Trinajstić information content (AvgIpc) is 3.02. The predicted octanol–water partition coefficient (Wildman–Crippen LogP) is 3.86. The molecule has 3 N–H and O–H groups in total. The van der Waals surface area contributed by atoms with E-state index in [1.165, 1.54) is 23.3 Å². The lowest BCUT2D eigenvalue weighted by Gasteiger charge is -2.16. The van der Waals surface area contributed by atoms with Gasteiger partial charge in [-0.3, -0.25) is 19.4 Å². The van der Waals surface area contributed by atoms with Crippen molar-refractivity contribution < 1.29 is 33.3 Å². The Labute approximate surface area is 291 Å². The molecule has 1 atom stereocenters. The quantitative estimate of drug-likeness (QED) is 0.145. The van der Waals surface area contributed by atoms with E-state index in [9.17, 15) is 14.4 Å². The number of hydrogen-bond acceptors (Lipinski definition) is 11. The van der Waals surface area contributed by atoms with Gasteiger partial charge in [0.2, 0.25) is 0 Å². The summed E-state index contributed by atoms with van der Waals surface area (Å²) in [5.41, 5.74) is 6.99. The number of nitrogens with two attached hydrogens (primary N) is 1. The molecule has 0 saturated heterocycles. The molecule has 3 rings (SSSR count). The first-order valence-corrected chi connectivity index (χ1v) is 16.1. The van der Waals surface area contributed by atoms with Crippen molar-refractivity contribution in [3.8, 4) is 16.9 Å². The number of amides is 1. The van der Waals surface area contributed by atoms with Gasteiger partial charge in [0, 0.05) is 32.0 Å². The predicted molar refractivity (Wildman–Crippen MR) is 184 cm³/mol. The number of aromatic nitrogens is 3. The zero-order valence-corrected chi connectivity index (χ0v) is 29.5. The number of rotatable bonds is 18. The number of ether oxygens (including phenoxy) is 5. The fourth-order valence-electron chi connectivity index (χ4n) is 4.01. The first-order chi connectivity index (χ1) is 22.9. The number of halogens is 2. The largest absolute Gasteiger partial charge is 0.489 e. The van der Waals surface area contributed by atoms with E-state index >= 15 is 0 Å². The van der Waals surface area contributed by atoms with Crippen LogP contribution < -0.4 is 21.3 Å². The molecule has 1 amide bonds. The lowest BCUT2D eigenvalue weighted by molar-refractivity contribution is -0.138. The number of carbonyl (C=O) groups is 2. The van der Waals surface area contributed by atoms with Gasteiger partial charge in [-0.2, -0.15) is 5.10 Å². The van der Waals surface area contributed by atoms with Crippen LogP contribution in [0.3, 0.4) is 0 Å². The Hall–Kier alpha value is -3.59. The minimum absolute atomic E-state index is 0.185. The van der Waals surface area contributed by atoms with Crippen LogP contribution in [-0.4, -0.2) is 91.6 Å². The van der Waals surface area contributed by atoms with E-state index in [-0.39, 0.29) is 45.3 Å². The number of benzene rings is 1. The molecule has 0 fully saturated rings. The molecule has 2 heterocycles. The summed E-state index contributed by atoms with van der Waals surface area (Å²) < 4.78 is 27.8. The summed E-state index contributed by atoms with van der Waals surface area (Å²) in [6.07, 6.45) is 4.81. The lowest BCUT2D eigenvalue weighted by Crippen LogP contribution is -2.34. The minimum atomic E-state index is -0.377. The Morgan fingerprint density at radius 3 is 2.04 bits per heavy atom. The van der Waals surface area contributed by atoms with Crippen LogP contribution in [0.15, 0.2) is 47.7 Å². The molecule has 15 heteroatoms. The summed E-state index contributed by atoms with van der Waals surface area (Å²) in [6.45, 7) is 11.2. The standard InChI is InChI=1S/C28H35Cl2N5O6.C5H10O2/c1-19(34-27(36)26-22(29)16-32-17-23(26)30)15-20-3-5-21(6-4-20)25-24(18-33-35(2)28(25)37)41-14-13-40-12-11-39-10-9-38-8-7-31;1-5(2,3)7-4-6/h3-6,16-19H,7-15,31H2,1-2H3,(H,34,36);4H,1-3H3. The molecule has 1 aromatic carbocycles. The van der Waals surface area contributed by atoms with Gasteiger partial charge in [-0.05, 0) is 45.2 Å². The van der Waals surface area contributed by atoms with Crippen LogP contribution in [0.1, 0.15) is 43.6 Å². The third kappa shape index (κ3) is 14.7. The smallest absolute Gasteiger partial charge is 0.293 e. The maximum Gasteiger partial charge on any atom is 0.293 e. The Morgan fingerprint density at radius 1 is 0.958 bits per heavy atom. The second-order valence-corrected chi connectivity index (χ2v) is 12.2. The summed E-state index contributed by atoms with van der Waals surface area (Å²) >= 11 is 12.2. The summed E-state index contributed by atoms with van der Waals surface area (Å²) in [7, 11) is 1.58. The topological polar surface area (TPSA) is 166 Å². The third-order valence-electron chi connectivity index (χ3n) is 6.24. The van der Waals surface area contributed by atoms with Gasteiger partial charge in [-0.1, -0.05) is 47.5 Å². The fourth-order valence-corrected chi connectivity index (χ4v) is 4.55. The van der Waals surface area contributed by atoms with Gasteiger partial charge >= 0.3 is 0 Å². The van der Waals surface area contributed by atoms with Gasteiger partial charge < -0.3 is 34.7 Å². The minimum Gasteiger partial charge on any atom is -0.489 e. The first kappa shape index (κ1) is 40.6. The van der Waals surface area contributed by atoms with E-state index in [1.807, 2.05) is 52.0 Å². The van der Waals surface area contributed by atoms with Gasteiger partial charge in [0.1, 0.15) is 12.2 Å². The Kier molecular flexibility index (Phi) is 18.1. The first-order valence-electron chi connectivity index (χ1n) is 15.3. The Balaban J connectivity index is 0.00000103. The highest BCUT2D eigenvalue weighted by Crippen LogP contribution is 2.27. The van der Waals surface area contributed by atoms with Crippen molar-refractivity contribution in [3.63, 3.8) is 0 Å². The number of hydrogen-bond donors (Lipinski definition) is 2. The molecule has 3 aromatic rings. The van der Waals surface area contributed by atoms with Crippen LogP contribution in [-0.2, 0) is 37.2 Å². The molecule has 0 aliphatic rings. The number of carbonyl (C=O) groups excluding carboxylic acids is 2. The van der Waals surface area contributed by atoms with Crippen LogP contribution in [0, 0.1) is 0 Å². The van der Waals surface area contributed by atoms with Crippen LogP contribution in [0.25, 0.3) is 11.1 Å². The van der Waals surface area contributed by atoms with E-state index in [0.29, 0.717) is 76.0 Å². The van der Waals surface area contributed by atoms with Gasteiger partial charge in [-0.15, -0.1) is 0 Å². The molecule has 0 aliphatic heterocycles. The van der Waals surface area contributed by atoms with E-state index in [4.69, 9.17) is 47.9 Å². The maximum absolute atomic E-state index is 12.9. The van der Waals surface area contributed by atoms with Crippen molar-refractivity contribution in [1.82, 2.24) is 20.1 Å². The van der Waals surface area contributed by atoms with E-state index < -0.39 is 0 Å². The average molecular weight is 711 g/mol. The molecule has 0 aliphatic carbocycles. The van der Waals surface area contributed by atoms with Crippen molar-refractivity contribution in [2.45, 2.75) is 45.8 Å². The highest BCUT2D eigenvalue weighted by molar-refractivity contribution is 6.39.